The van der Waals surface area contributed by atoms with E-state index in [1.54, 1.807) is 0 Å². The summed E-state index contributed by atoms with van der Waals surface area (Å²) in [6, 6.07) is 8.07. The fourth-order valence-electron chi connectivity index (χ4n) is 1.92. The highest BCUT2D eigenvalue weighted by Gasteiger charge is 2.28. The minimum Gasteiger partial charge on any atom is -0.330 e. The molecule has 16 heavy (non-hydrogen) atoms. The van der Waals surface area contributed by atoms with Crippen molar-refractivity contribution in [2.45, 2.75) is 17.7 Å². The maximum absolute atomic E-state index is 11.7. The first-order valence-electron chi connectivity index (χ1n) is 5.44. The second-order valence-electron chi connectivity index (χ2n) is 4.01. The largest absolute Gasteiger partial charge is 0.330 e. The molecule has 2 rings (SSSR count). The first kappa shape index (κ1) is 11.6. The minimum absolute atomic E-state index is 0.188. The van der Waals surface area contributed by atoms with Crippen molar-refractivity contribution < 1.29 is 4.79 Å². The van der Waals surface area contributed by atoms with Gasteiger partial charge in [-0.1, -0.05) is 28.1 Å². The number of nitrogens with zero attached hydrogens (tertiary/aromatic N) is 1. The van der Waals surface area contributed by atoms with Crippen LogP contribution in [0.5, 0.6) is 0 Å². The molecule has 0 radical (unpaired) electrons. The Kier molecular flexibility index (Phi) is 3.61. The number of amides is 1. The van der Waals surface area contributed by atoms with Crippen LogP contribution in [-0.4, -0.2) is 23.8 Å². The van der Waals surface area contributed by atoms with Crippen molar-refractivity contribution in [1.82, 2.24) is 0 Å². The predicted octanol–water partition coefficient (Wildman–Crippen LogP) is 1.69. The van der Waals surface area contributed by atoms with Crippen molar-refractivity contribution in [2.75, 3.05) is 18.0 Å². The molecule has 1 aliphatic rings. The molecule has 4 heteroatoms. The Balaban J connectivity index is 2.12. The maximum Gasteiger partial charge on any atom is 0.228 e. The molecule has 1 heterocycles. The van der Waals surface area contributed by atoms with E-state index in [1.165, 1.54) is 5.56 Å². The molecule has 1 aliphatic heterocycles. The lowest BCUT2D eigenvalue weighted by Crippen LogP contribution is -2.24. The van der Waals surface area contributed by atoms with Crippen molar-refractivity contribution in [3.8, 4) is 0 Å². The molecule has 0 bridgehead atoms. The normalized spacial score (nSPS) is 20.5. The van der Waals surface area contributed by atoms with Gasteiger partial charge in [0.05, 0.1) is 0 Å². The van der Waals surface area contributed by atoms with Gasteiger partial charge in [-0.25, -0.2) is 0 Å². The minimum atomic E-state index is 0.188. The zero-order valence-electron chi connectivity index (χ0n) is 9.03. The molecule has 1 saturated heterocycles. The van der Waals surface area contributed by atoms with Gasteiger partial charge in [-0.05, 0) is 30.7 Å². The van der Waals surface area contributed by atoms with Crippen LogP contribution < -0.4 is 10.6 Å². The third-order valence-electron chi connectivity index (χ3n) is 2.76. The van der Waals surface area contributed by atoms with Crippen molar-refractivity contribution in [1.29, 1.82) is 0 Å². The summed E-state index contributed by atoms with van der Waals surface area (Å²) in [6.45, 7) is 1.42. The van der Waals surface area contributed by atoms with Gasteiger partial charge < -0.3 is 10.6 Å². The van der Waals surface area contributed by atoms with E-state index in [0.717, 1.165) is 18.7 Å². The average Bonchev–Trinajstić information content (AvgIpc) is 2.59. The van der Waals surface area contributed by atoms with Crippen LogP contribution in [-0.2, 0) is 11.2 Å². The summed E-state index contributed by atoms with van der Waals surface area (Å²) in [5.41, 5.74) is 7.69. The molecule has 1 unspecified atom stereocenters. The molecule has 1 aromatic rings. The molecule has 0 aromatic heterocycles. The molecule has 0 saturated carbocycles. The van der Waals surface area contributed by atoms with E-state index >= 15 is 0 Å². The van der Waals surface area contributed by atoms with E-state index in [4.69, 9.17) is 5.73 Å². The molecule has 1 aromatic carbocycles. The lowest BCUT2D eigenvalue weighted by Gasteiger charge is -2.16. The van der Waals surface area contributed by atoms with Crippen LogP contribution in [0.15, 0.2) is 24.3 Å². The molecule has 1 atom stereocenters. The second-order valence-corrected chi connectivity index (χ2v) is 5.31. The fraction of sp³-hybridized carbons (Fsp3) is 0.417. The Labute approximate surface area is 104 Å². The molecule has 1 fully saturated rings. The van der Waals surface area contributed by atoms with Crippen LogP contribution >= 0.6 is 15.9 Å². The molecule has 1 amide bonds. The van der Waals surface area contributed by atoms with E-state index in [0.29, 0.717) is 13.0 Å². The van der Waals surface area contributed by atoms with Crippen molar-refractivity contribution in [2.24, 2.45) is 5.73 Å². The van der Waals surface area contributed by atoms with Gasteiger partial charge in [0, 0.05) is 23.5 Å². The maximum atomic E-state index is 11.7. The Morgan fingerprint density at radius 1 is 1.38 bits per heavy atom. The summed E-state index contributed by atoms with van der Waals surface area (Å²) < 4.78 is 0. The van der Waals surface area contributed by atoms with Crippen LogP contribution in [0.3, 0.4) is 0 Å². The lowest BCUT2D eigenvalue weighted by molar-refractivity contribution is -0.117. The highest BCUT2D eigenvalue weighted by molar-refractivity contribution is 9.09. The Morgan fingerprint density at radius 3 is 2.56 bits per heavy atom. The Morgan fingerprint density at radius 2 is 2.06 bits per heavy atom. The van der Waals surface area contributed by atoms with Gasteiger partial charge in [0.15, 0.2) is 0 Å². The summed E-state index contributed by atoms with van der Waals surface area (Å²) >= 11 is 3.48. The smallest absolute Gasteiger partial charge is 0.228 e. The third kappa shape index (κ3) is 2.44. The first-order chi connectivity index (χ1) is 7.70. The van der Waals surface area contributed by atoms with Crippen LogP contribution in [0, 0.1) is 0 Å². The van der Waals surface area contributed by atoms with Crippen molar-refractivity contribution in [3.05, 3.63) is 29.8 Å². The third-order valence-corrected chi connectivity index (χ3v) is 3.37. The molecule has 0 spiro atoms. The topological polar surface area (TPSA) is 46.3 Å². The highest BCUT2D eigenvalue weighted by Crippen LogP contribution is 2.25. The zero-order valence-corrected chi connectivity index (χ0v) is 10.6. The van der Waals surface area contributed by atoms with Crippen LogP contribution in [0.4, 0.5) is 5.69 Å². The monoisotopic (exact) mass is 282 g/mol. The molecular formula is C12H15BrN2O. The zero-order chi connectivity index (χ0) is 11.5. The van der Waals surface area contributed by atoms with Crippen LogP contribution in [0.1, 0.15) is 12.0 Å². The van der Waals surface area contributed by atoms with Gasteiger partial charge in [0.2, 0.25) is 5.91 Å². The number of hydrogen-bond acceptors (Lipinski definition) is 2. The fourth-order valence-corrected chi connectivity index (χ4v) is 2.49. The van der Waals surface area contributed by atoms with E-state index in [1.807, 2.05) is 29.2 Å². The molecule has 2 N–H and O–H groups in total. The highest BCUT2D eigenvalue weighted by atomic mass is 79.9. The SMILES string of the molecule is NCCc1ccc(N2CC(Br)CC2=O)cc1. The summed E-state index contributed by atoms with van der Waals surface area (Å²) in [5.74, 6) is 0.188. The van der Waals surface area contributed by atoms with E-state index in [2.05, 4.69) is 15.9 Å². The number of alkyl halides is 1. The van der Waals surface area contributed by atoms with Gasteiger partial charge in [-0.2, -0.15) is 0 Å². The number of nitrogens with two attached hydrogens (primary N) is 1. The van der Waals surface area contributed by atoms with E-state index in [-0.39, 0.29) is 10.7 Å². The second kappa shape index (κ2) is 4.97. The standard InChI is InChI=1S/C12H15BrN2O/c13-10-7-12(16)15(8-10)11-3-1-9(2-4-11)5-6-14/h1-4,10H,5-8,14H2. The number of hydrogen-bond donors (Lipinski definition) is 1. The summed E-state index contributed by atoms with van der Waals surface area (Å²) in [6.07, 6.45) is 1.47. The number of rotatable bonds is 3. The quantitative estimate of drug-likeness (QED) is 0.858. The molecular weight excluding hydrogens is 268 g/mol. The lowest BCUT2D eigenvalue weighted by atomic mass is 10.1. The Hall–Kier alpha value is -0.870. The predicted molar refractivity (Wildman–Crippen MR) is 68.9 cm³/mol. The van der Waals surface area contributed by atoms with Gasteiger partial charge in [-0.3, -0.25) is 4.79 Å². The Bertz CT molecular complexity index is 377. The number of halogens is 1. The first-order valence-corrected chi connectivity index (χ1v) is 6.35. The number of anilines is 1. The molecule has 0 aliphatic carbocycles. The number of carbonyl (C=O) groups excluding carboxylic acids is 1. The van der Waals surface area contributed by atoms with Gasteiger partial charge >= 0.3 is 0 Å². The number of carbonyl (C=O) groups is 1. The van der Waals surface area contributed by atoms with Crippen molar-refractivity contribution in [3.63, 3.8) is 0 Å². The molecule has 3 nitrogen and oxygen atoms in total. The van der Waals surface area contributed by atoms with Crippen molar-refractivity contribution >= 4 is 27.5 Å². The number of benzene rings is 1. The van der Waals surface area contributed by atoms with Crippen LogP contribution in [0.25, 0.3) is 0 Å². The van der Waals surface area contributed by atoms with Crippen LogP contribution in [0.2, 0.25) is 0 Å². The average molecular weight is 283 g/mol. The van der Waals surface area contributed by atoms with E-state index in [9.17, 15) is 4.79 Å². The molecule has 86 valence electrons. The summed E-state index contributed by atoms with van der Waals surface area (Å²) in [4.78, 5) is 13.8. The van der Waals surface area contributed by atoms with Gasteiger partial charge in [0.25, 0.3) is 0 Å². The summed E-state index contributed by atoms with van der Waals surface area (Å²) in [5, 5.41) is 0. The summed E-state index contributed by atoms with van der Waals surface area (Å²) in [7, 11) is 0. The van der Waals surface area contributed by atoms with Gasteiger partial charge in [0.1, 0.15) is 0 Å². The van der Waals surface area contributed by atoms with E-state index < -0.39 is 0 Å². The van der Waals surface area contributed by atoms with Gasteiger partial charge in [-0.15, -0.1) is 0 Å².